The van der Waals surface area contributed by atoms with Crippen molar-refractivity contribution in [3.05, 3.63) is 70.5 Å². The first-order valence-electron chi connectivity index (χ1n) is 12.3. The van der Waals surface area contributed by atoms with E-state index in [0.717, 1.165) is 41.8 Å². The van der Waals surface area contributed by atoms with Crippen LogP contribution >= 0.6 is 0 Å². The SMILES string of the molecule is CCCc1cn(CC2CCCCC2)c(=O)n1Cc1ccc(-c2cccnc2-c2nnn[nH]2)cc1. The van der Waals surface area contributed by atoms with E-state index in [4.69, 9.17) is 0 Å². The first kappa shape index (κ1) is 22.3. The Morgan fingerprint density at radius 1 is 1.09 bits per heavy atom. The fourth-order valence-electron chi connectivity index (χ4n) is 5.04. The topological polar surface area (TPSA) is 94.3 Å². The summed E-state index contributed by atoms with van der Waals surface area (Å²) in [4.78, 5) is 17.8. The van der Waals surface area contributed by atoms with Crippen molar-refractivity contribution in [1.82, 2.24) is 34.7 Å². The molecule has 1 N–H and O–H groups in total. The van der Waals surface area contributed by atoms with Crippen LogP contribution in [0.15, 0.2) is 53.6 Å². The molecule has 1 saturated carbocycles. The number of imidazole rings is 1. The highest BCUT2D eigenvalue weighted by atomic mass is 16.1. The van der Waals surface area contributed by atoms with Crippen LogP contribution in [0.5, 0.6) is 0 Å². The van der Waals surface area contributed by atoms with Crippen molar-refractivity contribution in [2.45, 2.75) is 65.0 Å². The Balaban J connectivity index is 1.39. The molecule has 1 aliphatic carbocycles. The summed E-state index contributed by atoms with van der Waals surface area (Å²) in [5.74, 6) is 1.17. The van der Waals surface area contributed by atoms with E-state index < -0.39 is 0 Å². The van der Waals surface area contributed by atoms with Crippen molar-refractivity contribution in [1.29, 1.82) is 0 Å². The van der Waals surface area contributed by atoms with Crippen LogP contribution in [0.25, 0.3) is 22.6 Å². The average molecular weight is 458 g/mol. The lowest BCUT2D eigenvalue weighted by Crippen LogP contribution is -2.28. The monoisotopic (exact) mass is 457 g/mol. The molecular weight excluding hydrogens is 426 g/mol. The summed E-state index contributed by atoms with van der Waals surface area (Å²) in [5.41, 5.74) is 5.03. The highest BCUT2D eigenvalue weighted by Gasteiger charge is 2.18. The maximum atomic E-state index is 13.3. The largest absolute Gasteiger partial charge is 0.328 e. The summed E-state index contributed by atoms with van der Waals surface area (Å²) in [6, 6.07) is 12.2. The average Bonchev–Trinajstić information content (AvgIpc) is 3.51. The molecule has 176 valence electrons. The molecule has 0 aliphatic heterocycles. The normalized spacial score (nSPS) is 14.5. The molecule has 0 atom stereocenters. The summed E-state index contributed by atoms with van der Waals surface area (Å²) >= 11 is 0. The second kappa shape index (κ2) is 10.2. The van der Waals surface area contributed by atoms with Gasteiger partial charge in [0.05, 0.1) is 6.54 Å². The van der Waals surface area contributed by atoms with Crippen LogP contribution in [0.3, 0.4) is 0 Å². The maximum Gasteiger partial charge on any atom is 0.328 e. The van der Waals surface area contributed by atoms with E-state index in [-0.39, 0.29) is 5.69 Å². The van der Waals surface area contributed by atoms with E-state index in [2.05, 4.69) is 63.0 Å². The first-order chi connectivity index (χ1) is 16.7. The van der Waals surface area contributed by atoms with Crippen molar-refractivity contribution in [2.24, 2.45) is 5.92 Å². The number of aryl methyl sites for hydroxylation is 1. The van der Waals surface area contributed by atoms with Gasteiger partial charge < -0.3 is 0 Å². The number of aromatic nitrogens is 7. The Hall–Kier alpha value is -3.55. The van der Waals surface area contributed by atoms with Crippen molar-refractivity contribution in [3.8, 4) is 22.6 Å². The van der Waals surface area contributed by atoms with E-state index in [1.807, 2.05) is 21.3 Å². The van der Waals surface area contributed by atoms with Gasteiger partial charge in [-0.3, -0.25) is 14.1 Å². The molecule has 0 bridgehead atoms. The van der Waals surface area contributed by atoms with Gasteiger partial charge in [0, 0.05) is 30.2 Å². The summed E-state index contributed by atoms with van der Waals surface area (Å²) in [6.07, 6.45) is 12.2. The van der Waals surface area contributed by atoms with E-state index in [9.17, 15) is 4.79 Å². The molecule has 0 radical (unpaired) electrons. The highest BCUT2D eigenvalue weighted by Crippen LogP contribution is 2.28. The van der Waals surface area contributed by atoms with Crippen molar-refractivity contribution < 1.29 is 0 Å². The molecule has 8 heteroatoms. The molecule has 1 aliphatic rings. The second-order valence-corrected chi connectivity index (χ2v) is 9.24. The van der Waals surface area contributed by atoms with Crippen LogP contribution in [0.2, 0.25) is 0 Å². The van der Waals surface area contributed by atoms with Crippen LogP contribution in [0, 0.1) is 5.92 Å². The van der Waals surface area contributed by atoms with Gasteiger partial charge >= 0.3 is 5.69 Å². The molecule has 1 aromatic carbocycles. The third-order valence-corrected chi connectivity index (χ3v) is 6.80. The number of rotatable bonds is 8. The number of benzene rings is 1. The van der Waals surface area contributed by atoms with Gasteiger partial charge in [-0.25, -0.2) is 9.89 Å². The Labute approximate surface area is 199 Å². The lowest BCUT2D eigenvalue weighted by atomic mass is 9.89. The van der Waals surface area contributed by atoms with E-state index in [0.29, 0.717) is 24.0 Å². The van der Waals surface area contributed by atoms with Crippen LogP contribution in [-0.2, 0) is 19.5 Å². The molecule has 0 saturated heterocycles. The predicted molar refractivity (Wildman–Crippen MR) is 131 cm³/mol. The van der Waals surface area contributed by atoms with Crippen molar-refractivity contribution >= 4 is 0 Å². The smallest absolute Gasteiger partial charge is 0.299 e. The first-order valence-corrected chi connectivity index (χ1v) is 12.3. The standard InChI is InChI=1S/C26H31N7O/c1-2-7-22-18-32(16-19-8-4-3-5-9-19)26(34)33(22)17-20-11-13-21(14-12-20)23-10-6-15-27-24(23)25-28-30-31-29-25/h6,10-15,18-19H,2-5,7-9,16-17H2,1H3,(H,28,29,30,31). The molecular formula is C26H31N7O. The van der Waals surface area contributed by atoms with Crippen LogP contribution in [0.1, 0.15) is 56.7 Å². The minimum atomic E-state index is 0.116. The fourth-order valence-corrected chi connectivity index (χ4v) is 5.04. The third-order valence-electron chi connectivity index (χ3n) is 6.80. The van der Waals surface area contributed by atoms with Crippen LogP contribution in [-0.4, -0.2) is 34.7 Å². The Kier molecular flexibility index (Phi) is 6.65. The zero-order chi connectivity index (χ0) is 23.3. The number of aromatic amines is 1. The lowest BCUT2D eigenvalue weighted by molar-refractivity contribution is 0.315. The zero-order valence-electron chi connectivity index (χ0n) is 19.7. The van der Waals surface area contributed by atoms with Gasteiger partial charge in [-0.05, 0) is 52.8 Å². The molecule has 34 heavy (non-hydrogen) atoms. The van der Waals surface area contributed by atoms with Gasteiger partial charge in [-0.2, -0.15) is 0 Å². The van der Waals surface area contributed by atoms with Crippen LogP contribution < -0.4 is 5.69 Å². The number of pyridine rings is 1. The van der Waals surface area contributed by atoms with Gasteiger partial charge in [0.2, 0.25) is 0 Å². The van der Waals surface area contributed by atoms with Crippen LogP contribution in [0.4, 0.5) is 0 Å². The summed E-state index contributed by atoms with van der Waals surface area (Å²) < 4.78 is 3.92. The molecule has 8 nitrogen and oxygen atoms in total. The molecule has 3 aromatic heterocycles. The zero-order valence-corrected chi connectivity index (χ0v) is 19.7. The van der Waals surface area contributed by atoms with Crippen molar-refractivity contribution in [3.63, 3.8) is 0 Å². The van der Waals surface area contributed by atoms with Gasteiger partial charge in [0.15, 0.2) is 5.82 Å². The Morgan fingerprint density at radius 3 is 2.65 bits per heavy atom. The van der Waals surface area contributed by atoms with Crippen molar-refractivity contribution in [2.75, 3.05) is 0 Å². The summed E-state index contributed by atoms with van der Waals surface area (Å²) in [6.45, 7) is 3.59. The van der Waals surface area contributed by atoms with Gasteiger partial charge in [0.25, 0.3) is 0 Å². The number of hydrogen-bond acceptors (Lipinski definition) is 5. The minimum absolute atomic E-state index is 0.116. The number of hydrogen-bond donors (Lipinski definition) is 1. The van der Waals surface area contributed by atoms with E-state index >= 15 is 0 Å². The summed E-state index contributed by atoms with van der Waals surface area (Å²) in [5, 5.41) is 14.1. The summed E-state index contributed by atoms with van der Waals surface area (Å²) in [7, 11) is 0. The van der Waals surface area contributed by atoms with Gasteiger partial charge in [0.1, 0.15) is 5.69 Å². The molecule has 1 fully saturated rings. The Morgan fingerprint density at radius 2 is 1.91 bits per heavy atom. The second-order valence-electron chi connectivity index (χ2n) is 9.24. The van der Waals surface area contributed by atoms with E-state index in [1.54, 1.807) is 6.20 Å². The molecule has 0 amide bonds. The fraction of sp³-hybridized carbons (Fsp3) is 0.423. The Bertz CT molecular complexity index is 1270. The number of nitrogens with zero attached hydrogens (tertiary/aromatic N) is 6. The third kappa shape index (κ3) is 4.71. The van der Waals surface area contributed by atoms with Gasteiger partial charge in [-0.15, -0.1) is 5.10 Å². The van der Waals surface area contributed by atoms with E-state index in [1.165, 1.54) is 32.1 Å². The molecule has 0 unspecified atom stereocenters. The molecule has 0 spiro atoms. The quantitative estimate of drug-likeness (QED) is 0.421. The predicted octanol–water partition coefficient (Wildman–Crippen LogP) is 4.47. The molecule has 5 rings (SSSR count). The number of H-pyrrole nitrogens is 1. The number of nitrogens with one attached hydrogen (secondary N) is 1. The lowest BCUT2D eigenvalue weighted by Gasteiger charge is -2.21. The maximum absolute atomic E-state index is 13.3. The highest BCUT2D eigenvalue weighted by molar-refractivity contribution is 5.77. The molecule has 3 heterocycles. The van der Waals surface area contributed by atoms with Gasteiger partial charge in [-0.1, -0.05) is 62.9 Å². The number of tetrazole rings is 1. The molecule has 4 aromatic rings. The minimum Gasteiger partial charge on any atom is -0.299 e.